The largest absolute Gasteiger partial charge is 0.445 e. The van der Waals surface area contributed by atoms with Crippen molar-refractivity contribution in [2.24, 2.45) is 0 Å². The van der Waals surface area contributed by atoms with E-state index in [1.807, 2.05) is 0 Å². The Morgan fingerprint density at radius 2 is 1.82 bits per heavy atom. The number of nitrogens with zero attached hydrogens (tertiary/aromatic N) is 3. The molecule has 0 radical (unpaired) electrons. The van der Waals surface area contributed by atoms with E-state index < -0.39 is 56.9 Å². The Labute approximate surface area is 220 Å². The quantitative estimate of drug-likeness (QED) is 0.296. The van der Waals surface area contributed by atoms with Gasteiger partial charge >= 0.3 is 12.2 Å². The number of hydrogen-bond donors (Lipinski definition) is 1. The molecule has 14 nitrogen and oxygen atoms in total. The van der Waals surface area contributed by atoms with E-state index in [4.69, 9.17) is 13.7 Å². The summed E-state index contributed by atoms with van der Waals surface area (Å²) in [6.07, 6.45) is -1.02. The molecule has 15 heteroatoms. The number of nitro groups is 1. The molecule has 1 N–H and O–H groups in total. The second-order valence-electron chi connectivity index (χ2n) is 10.2. The van der Waals surface area contributed by atoms with Crippen LogP contribution in [0.25, 0.3) is 0 Å². The Bertz CT molecular complexity index is 1170. The van der Waals surface area contributed by atoms with Crippen molar-refractivity contribution >= 4 is 33.9 Å². The first-order chi connectivity index (χ1) is 17.6. The average Bonchev–Trinajstić information content (AvgIpc) is 3.42. The van der Waals surface area contributed by atoms with Crippen molar-refractivity contribution in [2.75, 3.05) is 25.9 Å². The van der Waals surface area contributed by atoms with E-state index in [0.29, 0.717) is 18.5 Å². The number of rotatable bonds is 7. The Hall–Kier alpha value is -3.46. The molecule has 3 atom stereocenters. The zero-order valence-electron chi connectivity index (χ0n) is 21.6. The molecule has 0 unspecified atom stereocenters. The fraction of sp³-hybridized carbons (Fsp3) is 0.609. The van der Waals surface area contributed by atoms with Gasteiger partial charge in [0.15, 0.2) is 0 Å². The Kier molecular flexibility index (Phi) is 8.82. The third kappa shape index (κ3) is 8.28. The SMILES string of the molecule is CC(C)(C)OC(=O)N1C[C@H](OS(C)(=O)=O)C[C@H]1C(=O)N1CC[C@H](NC(=O)OCc2ccc([N+](=O)[O-])cc2)C1. The molecule has 1 aromatic carbocycles. The lowest BCUT2D eigenvalue weighted by molar-refractivity contribution is -0.384. The van der Waals surface area contributed by atoms with Crippen molar-refractivity contribution in [3.63, 3.8) is 0 Å². The Morgan fingerprint density at radius 1 is 1.16 bits per heavy atom. The summed E-state index contributed by atoms with van der Waals surface area (Å²) in [5.74, 6) is -0.404. The van der Waals surface area contributed by atoms with E-state index in [2.05, 4.69) is 5.32 Å². The minimum Gasteiger partial charge on any atom is -0.445 e. The summed E-state index contributed by atoms with van der Waals surface area (Å²) < 4.78 is 38.9. The number of carbonyl (C=O) groups is 3. The van der Waals surface area contributed by atoms with Gasteiger partial charge in [0.2, 0.25) is 5.91 Å². The number of amides is 3. The summed E-state index contributed by atoms with van der Waals surface area (Å²) in [4.78, 5) is 51.2. The number of alkyl carbamates (subject to hydrolysis) is 1. The number of hydrogen-bond acceptors (Lipinski definition) is 10. The van der Waals surface area contributed by atoms with Crippen molar-refractivity contribution in [1.29, 1.82) is 0 Å². The van der Waals surface area contributed by atoms with E-state index in [1.54, 1.807) is 20.8 Å². The summed E-state index contributed by atoms with van der Waals surface area (Å²) in [6.45, 7) is 5.31. The molecule has 2 heterocycles. The first-order valence-corrected chi connectivity index (χ1v) is 13.8. The lowest BCUT2D eigenvalue weighted by Gasteiger charge is -2.30. The van der Waals surface area contributed by atoms with Crippen LogP contribution >= 0.6 is 0 Å². The number of nitrogens with one attached hydrogen (secondary N) is 1. The Morgan fingerprint density at radius 3 is 2.39 bits per heavy atom. The minimum absolute atomic E-state index is 0.0168. The normalized spacial score (nSPS) is 21.7. The van der Waals surface area contributed by atoms with Crippen molar-refractivity contribution in [2.45, 2.75) is 64.0 Å². The van der Waals surface area contributed by atoms with Gasteiger partial charge in [0.25, 0.3) is 15.8 Å². The highest BCUT2D eigenvalue weighted by atomic mass is 32.2. The number of carbonyl (C=O) groups excluding carboxylic acids is 3. The van der Waals surface area contributed by atoms with Gasteiger partial charge < -0.3 is 19.7 Å². The molecule has 2 aliphatic rings. The van der Waals surface area contributed by atoms with Gasteiger partial charge in [-0.25, -0.2) is 9.59 Å². The lowest BCUT2D eigenvalue weighted by atomic mass is 10.1. The van der Waals surface area contributed by atoms with E-state index in [9.17, 15) is 32.9 Å². The molecule has 2 aliphatic heterocycles. The van der Waals surface area contributed by atoms with Crippen LogP contribution in [-0.4, -0.2) is 90.9 Å². The molecule has 38 heavy (non-hydrogen) atoms. The number of non-ortho nitro benzene ring substituents is 1. The average molecular weight is 557 g/mol. The predicted molar refractivity (Wildman–Crippen MR) is 132 cm³/mol. The molecule has 0 saturated carbocycles. The maximum absolute atomic E-state index is 13.3. The minimum atomic E-state index is -3.81. The summed E-state index contributed by atoms with van der Waals surface area (Å²) in [7, 11) is -3.81. The third-order valence-electron chi connectivity index (χ3n) is 5.83. The van der Waals surface area contributed by atoms with Crippen molar-refractivity contribution in [3.8, 4) is 0 Å². The van der Waals surface area contributed by atoms with Gasteiger partial charge in [-0.15, -0.1) is 0 Å². The van der Waals surface area contributed by atoms with Gasteiger partial charge in [-0.2, -0.15) is 8.42 Å². The first-order valence-electron chi connectivity index (χ1n) is 11.9. The van der Waals surface area contributed by atoms with Gasteiger partial charge in [-0.1, -0.05) is 0 Å². The van der Waals surface area contributed by atoms with E-state index >= 15 is 0 Å². The monoisotopic (exact) mass is 556 g/mol. The van der Waals surface area contributed by atoms with Crippen LogP contribution in [0.5, 0.6) is 0 Å². The molecular weight excluding hydrogens is 524 g/mol. The van der Waals surface area contributed by atoms with Crippen LogP contribution in [0.4, 0.5) is 15.3 Å². The predicted octanol–water partition coefficient (Wildman–Crippen LogP) is 1.78. The highest BCUT2D eigenvalue weighted by Gasteiger charge is 2.45. The number of nitro benzene ring substituents is 1. The lowest BCUT2D eigenvalue weighted by Crippen LogP contribution is -2.49. The van der Waals surface area contributed by atoms with Crippen LogP contribution < -0.4 is 5.32 Å². The Balaban J connectivity index is 1.56. The molecule has 0 spiro atoms. The van der Waals surface area contributed by atoms with Crippen molar-refractivity contribution < 1.29 is 41.4 Å². The van der Waals surface area contributed by atoms with Gasteiger partial charge in [0.05, 0.1) is 29.9 Å². The molecule has 0 bridgehead atoms. The second kappa shape index (κ2) is 11.5. The summed E-state index contributed by atoms with van der Waals surface area (Å²) in [6, 6.07) is 4.21. The van der Waals surface area contributed by atoms with Crippen LogP contribution in [0.3, 0.4) is 0 Å². The highest BCUT2D eigenvalue weighted by molar-refractivity contribution is 7.86. The van der Waals surface area contributed by atoms with Crippen LogP contribution in [0.2, 0.25) is 0 Å². The maximum atomic E-state index is 13.3. The molecule has 3 rings (SSSR count). The number of ether oxygens (including phenoxy) is 2. The highest BCUT2D eigenvalue weighted by Crippen LogP contribution is 2.27. The fourth-order valence-corrected chi connectivity index (χ4v) is 4.86. The zero-order chi connectivity index (χ0) is 28.3. The van der Waals surface area contributed by atoms with E-state index in [1.165, 1.54) is 34.1 Å². The molecule has 210 valence electrons. The summed E-state index contributed by atoms with van der Waals surface area (Å²) in [5, 5.41) is 13.4. The van der Waals surface area contributed by atoms with Crippen LogP contribution in [0.1, 0.15) is 39.2 Å². The van der Waals surface area contributed by atoms with Gasteiger partial charge in [-0.05, 0) is 44.9 Å². The summed E-state index contributed by atoms with van der Waals surface area (Å²) in [5.41, 5.74) is -0.322. The zero-order valence-corrected chi connectivity index (χ0v) is 22.4. The van der Waals surface area contributed by atoms with Crippen LogP contribution in [0, 0.1) is 10.1 Å². The fourth-order valence-electron chi connectivity index (χ4n) is 4.23. The summed E-state index contributed by atoms with van der Waals surface area (Å²) >= 11 is 0. The molecule has 0 aliphatic carbocycles. The van der Waals surface area contributed by atoms with Gasteiger partial charge in [0.1, 0.15) is 18.2 Å². The molecular formula is C23H32N4O10S. The smallest absolute Gasteiger partial charge is 0.411 e. The van der Waals surface area contributed by atoms with E-state index in [-0.39, 0.29) is 31.8 Å². The third-order valence-corrected chi connectivity index (χ3v) is 6.45. The second-order valence-corrected chi connectivity index (χ2v) is 11.8. The number of benzene rings is 1. The van der Waals surface area contributed by atoms with Gasteiger partial charge in [-0.3, -0.25) is 24.0 Å². The van der Waals surface area contributed by atoms with Crippen molar-refractivity contribution in [3.05, 3.63) is 39.9 Å². The molecule has 2 fully saturated rings. The van der Waals surface area contributed by atoms with Crippen LogP contribution in [-0.2, 0) is 35.2 Å². The van der Waals surface area contributed by atoms with Crippen LogP contribution in [0.15, 0.2) is 24.3 Å². The molecule has 1 aromatic rings. The van der Waals surface area contributed by atoms with Gasteiger partial charge in [0, 0.05) is 31.6 Å². The maximum Gasteiger partial charge on any atom is 0.411 e. The molecule has 0 aromatic heterocycles. The van der Waals surface area contributed by atoms with Crippen molar-refractivity contribution in [1.82, 2.24) is 15.1 Å². The molecule has 2 saturated heterocycles. The van der Waals surface area contributed by atoms with E-state index in [0.717, 1.165) is 6.26 Å². The number of likely N-dealkylation sites (tertiary alicyclic amines) is 2. The molecule has 3 amide bonds. The standard InChI is InChI=1S/C23H32N4O10S/c1-23(2,3)36-22(30)26-13-18(37-38(4,33)34)11-19(26)20(28)25-10-9-16(12-25)24-21(29)35-14-15-5-7-17(8-6-15)27(31)32/h5-8,16,18-19H,9-14H2,1-4H3,(H,24,29)/t16-,18+,19-/m0/s1. The first kappa shape index (κ1) is 29.1. The topological polar surface area (TPSA) is 175 Å².